The molecular weight excluding hydrogens is 224 g/mol. The van der Waals surface area contributed by atoms with Crippen LogP contribution in [0.2, 0.25) is 0 Å². The lowest BCUT2D eigenvalue weighted by Gasteiger charge is -2.15. The highest BCUT2D eigenvalue weighted by molar-refractivity contribution is 5.93. The van der Waals surface area contributed by atoms with Crippen LogP contribution in [0.15, 0.2) is 18.2 Å². The van der Waals surface area contributed by atoms with Crippen LogP contribution in [0.25, 0.3) is 0 Å². The van der Waals surface area contributed by atoms with Gasteiger partial charge >= 0.3 is 0 Å². The van der Waals surface area contributed by atoms with Crippen molar-refractivity contribution in [3.63, 3.8) is 0 Å². The molecule has 98 valence electrons. The topological polar surface area (TPSA) is 32.3 Å². The lowest BCUT2D eigenvalue weighted by Crippen LogP contribution is -2.22. The van der Waals surface area contributed by atoms with E-state index in [9.17, 15) is 4.79 Å². The third kappa shape index (κ3) is 2.56. The maximum absolute atomic E-state index is 12.1. The van der Waals surface area contributed by atoms with E-state index in [4.69, 9.17) is 0 Å². The SMILES string of the molecule is CCC(CC)C(=O)Nc1cccc2c1CN(C)C2. The Kier molecular flexibility index (Phi) is 4.02. The Morgan fingerprint density at radius 1 is 1.33 bits per heavy atom. The lowest BCUT2D eigenvalue weighted by molar-refractivity contribution is -0.120. The number of anilines is 1. The third-order valence-electron chi connectivity index (χ3n) is 3.76. The molecular formula is C15H22N2O. The van der Waals surface area contributed by atoms with Crippen molar-refractivity contribution in [2.24, 2.45) is 5.92 Å². The van der Waals surface area contributed by atoms with Crippen LogP contribution in [-0.2, 0) is 17.9 Å². The molecule has 3 heteroatoms. The zero-order valence-electron chi connectivity index (χ0n) is 11.5. The van der Waals surface area contributed by atoms with E-state index < -0.39 is 0 Å². The van der Waals surface area contributed by atoms with Gasteiger partial charge in [0.2, 0.25) is 5.91 Å². The van der Waals surface area contributed by atoms with Crippen LogP contribution in [0.3, 0.4) is 0 Å². The number of nitrogens with zero attached hydrogens (tertiary/aromatic N) is 1. The summed E-state index contributed by atoms with van der Waals surface area (Å²) < 4.78 is 0. The van der Waals surface area contributed by atoms with Gasteiger partial charge in [-0.25, -0.2) is 0 Å². The standard InChI is InChI=1S/C15H22N2O/c1-4-11(5-2)15(18)16-14-8-6-7-12-9-17(3)10-13(12)14/h6-8,11H,4-5,9-10H2,1-3H3,(H,16,18). The lowest BCUT2D eigenvalue weighted by atomic mass is 10.0. The van der Waals surface area contributed by atoms with E-state index in [0.29, 0.717) is 0 Å². The predicted molar refractivity (Wildman–Crippen MR) is 74.3 cm³/mol. The summed E-state index contributed by atoms with van der Waals surface area (Å²) in [5.41, 5.74) is 3.60. The van der Waals surface area contributed by atoms with Crippen molar-refractivity contribution in [2.45, 2.75) is 39.8 Å². The van der Waals surface area contributed by atoms with Gasteiger partial charge < -0.3 is 5.32 Å². The molecule has 0 spiro atoms. The molecule has 0 saturated carbocycles. The van der Waals surface area contributed by atoms with Gasteiger partial charge in [-0.2, -0.15) is 0 Å². The molecule has 3 nitrogen and oxygen atoms in total. The molecule has 0 saturated heterocycles. The number of hydrogen-bond donors (Lipinski definition) is 1. The van der Waals surface area contributed by atoms with Crippen molar-refractivity contribution in [3.8, 4) is 0 Å². The molecule has 1 aromatic rings. The summed E-state index contributed by atoms with van der Waals surface area (Å²) in [5.74, 6) is 0.281. The molecule has 1 heterocycles. The van der Waals surface area contributed by atoms with Gasteiger partial charge in [0, 0.05) is 24.7 Å². The van der Waals surface area contributed by atoms with Crippen molar-refractivity contribution >= 4 is 11.6 Å². The van der Waals surface area contributed by atoms with E-state index >= 15 is 0 Å². The number of carbonyl (C=O) groups excluding carboxylic acids is 1. The number of amides is 1. The van der Waals surface area contributed by atoms with Gasteiger partial charge in [0.25, 0.3) is 0 Å². The summed E-state index contributed by atoms with van der Waals surface area (Å²) in [6, 6.07) is 6.18. The Bertz CT molecular complexity index is 438. The summed E-state index contributed by atoms with van der Waals surface area (Å²) in [4.78, 5) is 14.4. The molecule has 0 fully saturated rings. The quantitative estimate of drug-likeness (QED) is 0.885. The van der Waals surface area contributed by atoms with E-state index in [-0.39, 0.29) is 11.8 Å². The Hall–Kier alpha value is -1.35. The van der Waals surface area contributed by atoms with Gasteiger partial charge in [0.15, 0.2) is 0 Å². The minimum Gasteiger partial charge on any atom is -0.326 e. The molecule has 0 unspecified atom stereocenters. The van der Waals surface area contributed by atoms with Crippen molar-refractivity contribution in [3.05, 3.63) is 29.3 Å². The van der Waals surface area contributed by atoms with Crippen LogP contribution >= 0.6 is 0 Å². The first-order chi connectivity index (χ1) is 8.65. The maximum atomic E-state index is 12.1. The fourth-order valence-electron chi connectivity index (χ4n) is 2.60. The smallest absolute Gasteiger partial charge is 0.227 e. The zero-order valence-corrected chi connectivity index (χ0v) is 11.5. The summed E-state index contributed by atoms with van der Waals surface area (Å²) in [6.07, 6.45) is 1.80. The fourth-order valence-corrected chi connectivity index (χ4v) is 2.60. The molecule has 18 heavy (non-hydrogen) atoms. The molecule has 2 rings (SSSR count). The van der Waals surface area contributed by atoms with Crippen LogP contribution in [-0.4, -0.2) is 17.9 Å². The number of hydrogen-bond acceptors (Lipinski definition) is 2. The Morgan fingerprint density at radius 2 is 2.06 bits per heavy atom. The first-order valence-corrected chi connectivity index (χ1v) is 6.75. The Balaban J connectivity index is 2.16. The van der Waals surface area contributed by atoms with E-state index in [2.05, 4.69) is 37.2 Å². The molecule has 0 aliphatic carbocycles. The average Bonchev–Trinajstić information content (AvgIpc) is 2.72. The zero-order chi connectivity index (χ0) is 13.1. The number of carbonyl (C=O) groups is 1. The summed E-state index contributed by atoms with van der Waals surface area (Å²) in [7, 11) is 2.10. The van der Waals surface area contributed by atoms with E-state index in [1.165, 1.54) is 11.1 Å². The van der Waals surface area contributed by atoms with Gasteiger partial charge in [-0.1, -0.05) is 26.0 Å². The normalized spacial score (nSPS) is 14.9. The second kappa shape index (κ2) is 5.53. The molecule has 1 aromatic carbocycles. The van der Waals surface area contributed by atoms with Gasteiger partial charge in [0.05, 0.1) is 0 Å². The maximum Gasteiger partial charge on any atom is 0.227 e. The monoisotopic (exact) mass is 246 g/mol. The second-order valence-electron chi connectivity index (χ2n) is 5.12. The van der Waals surface area contributed by atoms with Gasteiger partial charge in [-0.15, -0.1) is 0 Å². The fraction of sp³-hybridized carbons (Fsp3) is 0.533. The molecule has 1 N–H and O–H groups in total. The highest BCUT2D eigenvalue weighted by Gasteiger charge is 2.21. The molecule has 0 atom stereocenters. The van der Waals surface area contributed by atoms with E-state index in [1.807, 2.05) is 12.1 Å². The van der Waals surface area contributed by atoms with Crippen molar-refractivity contribution in [2.75, 3.05) is 12.4 Å². The molecule has 0 aromatic heterocycles. The summed E-state index contributed by atoms with van der Waals surface area (Å²) in [6.45, 7) is 6.03. The van der Waals surface area contributed by atoms with E-state index in [0.717, 1.165) is 31.6 Å². The van der Waals surface area contributed by atoms with Crippen molar-refractivity contribution in [1.82, 2.24) is 4.90 Å². The first-order valence-electron chi connectivity index (χ1n) is 6.75. The number of fused-ring (bicyclic) bond motifs is 1. The molecule has 1 aliphatic rings. The molecule has 1 amide bonds. The van der Waals surface area contributed by atoms with Crippen LogP contribution in [0, 0.1) is 5.92 Å². The third-order valence-corrected chi connectivity index (χ3v) is 3.76. The number of rotatable bonds is 4. The van der Waals surface area contributed by atoms with Crippen molar-refractivity contribution in [1.29, 1.82) is 0 Å². The van der Waals surface area contributed by atoms with E-state index in [1.54, 1.807) is 0 Å². The summed E-state index contributed by atoms with van der Waals surface area (Å²) >= 11 is 0. The van der Waals surface area contributed by atoms with Gasteiger partial charge in [0.1, 0.15) is 0 Å². The number of nitrogens with one attached hydrogen (secondary N) is 1. The van der Waals surface area contributed by atoms with Crippen LogP contribution in [0.4, 0.5) is 5.69 Å². The Morgan fingerprint density at radius 3 is 2.72 bits per heavy atom. The predicted octanol–water partition coefficient (Wildman–Crippen LogP) is 3.01. The molecule has 0 bridgehead atoms. The van der Waals surface area contributed by atoms with Gasteiger partial charge in [-0.05, 0) is 37.1 Å². The molecule has 0 radical (unpaired) electrons. The van der Waals surface area contributed by atoms with Crippen molar-refractivity contribution < 1.29 is 4.79 Å². The Labute approximate surface area is 109 Å². The highest BCUT2D eigenvalue weighted by Crippen LogP contribution is 2.28. The minimum absolute atomic E-state index is 0.125. The van der Waals surface area contributed by atoms with Gasteiger partial charge in [-0.3, -0.25) is 9.69 Å². The second-order valence-corrected chi connectivity index (χ2v) is 5.12. The van der Waals surface area contributed by atoms with Crippen LogP contribution in [0.1, 0.15) is 37.8 Å². The molecule has 1 aliphatic heterocycles. The number of benzene rings is 1. The summed E-state index contributed by atoms with van der Waals surface area (Å²) in [5, 5.41) is 3.10. The average molecular weight is 246 g/mol. The van der Waals surface area contributed by atoms with Crippen LogP contribution < -0.4 is 5.32 Å². The minimum atomic E-state index is 0.125. The van der Waals surface area contributed by atoms with Crippen LogP contribution in [0.5, 0.6) is 0 Å². The largest absolute Gasteiger partial charge is 0.326 e. The first kappa shape index (κ1) is 13.1. The highest BCUT2D eigenvalue weighted by atomic mass is 16.1.